The number of benzene rings is 3. The highest BCUT2D eigenvalue weighted by atomic mass is 16.3. The summed E-state index contributed by atoms with van der Waals surface area (Å²) in [5.74, 6) is 0.0691. The number of pyridine rings is 1. The van der Waals surface area contributed by atoms with Gasteiger partial charge in [0.05, 0.1) is 11.4 Å². The molecule has 0 bridgehead atoms. The van der Waals surface area contributed by atoms with Crippen LogP contribution in [0.5, 0.6) is 5.75 Å². The van der Waals surface area contributed by atoms with E-state index >= 15 is 0 Å². The number of allylic oxidation sites excluding steroid dienone is 1. The molecule has 0 aliphatic heterocycles. The average Bonchev–Trinajstić information content (AvgIpc) is 3.30. The fourth-order valence-corrected chi connectivity index (χ4v) is 4.09. The molecule has 1 aliphatic rings. The van der Waals surface area contributed by atoms with Crippen LogP contribution < -0.4 is 10.6 Å². The molecule has 1 aliphatic carbocycles. The molecule has 5 rings (SSSR count). The zero-order valence-electron chi connectivity index (χ0n) is 19.1. The van der Waals surface area contributed by atoms with Gasteiger partial charge in [-0.2, -0.15) is 0 Å². The van der Waals surface area contributed by atoms with Gasteiger partial charge in [0.15, 0.2) is 0 Å². The SMILES string of the molecule is Cc1cccc(NC(=O)c2ccc(C)c(Nc3cc(-c4ccc(O)cc4)nc4c3C=CC4)c2)c1. The zero-order valence-corrected chi connectivity index (χ0v) is 19.1. The van der Waals surface area contributed by atoms with Crippen molar-refractivity contribution in [2.45, 2.75) is 20.3 Å². The van der Waals surface area contributed by atoms with E-state index in [-0.39, 0.29) is 11.7 Å². The Balaban J connectivity index is 1.46. The predicted octanol–water partition coefficient (Wildman–Crippen LogP) is 6.64. The third-order valence-electron chi connectivity index (χ3n) is 5.94. The zero-order chi connectivity index (χ0) is 23.7. The molecule has 168 valence electrons. The van der Waals surface area contributed by atoms with Crippen molar-refractivity contribution in [3.8, 4) is 17.0 Å². The van der Waals surface area contributed by atoms with Gasteiger partial charge in [-0.15, -0.1) is 0 Å². The number of phenols is 1. The number of phenolic OH excluding ortho intramolecular Hbond substituents is 1. The summed E-state index contributed by atoms with van der Waals surface area (Å²) in [6.07, 6.45) is 4.95. The summed E-state index contributed by atoms with van der Waals surface area (Å²) in [4.78, 5) is 17.7. The van der Waals surface area contributed by atoms with E-state index in [1.54, 1.807) is 12.1 Å². The summed E-state index contributed by atoms with van der Waals surface area (Å²) < 4.78 is 0. The highest BCUT2D eigenvalue weighted by molar-refractivity contribution is 6.05. The van der Waals surface area contributed by atoms with Crippen LogP contribution in [0.1, 0.15) is 32.7 Å². The van der Waals surface area contributed by atoms with Gasteiger partial charge in [0.25, 0.3) is 5.91 Å². The fraction of sp³-hybridized carbons (Fsp3) is 0.103. The molecule has 0 radical (unpaired) electrons. The Morgan fingerprint density at radius 2 is 1.76 bits per heavy atom. The van der Waals surface area contributed by atoms with Crippen LogP contribution in [-0.2, 0) is 6.42 Å². The Labute approximate surface area is 198 Å². The van der Waals surface area contributed by atoms with Crippen LogP contribution >= 0.6 is 0 Å². The van der Waals surface area contributed by atoms with Crippen LogP contribution in [0, 0.1) is 13.8 Å². The van der Waals surface area contributed by atoms with Gasteiger partial charge in [0.1, 0.15) is 5.75 Å². The number of fused-ring (bicyclic) bond motifs is 1. The lowest BCUT2D eigenvalue weighted by atomic mass is 10.1. The van der Waals surface area contributed by atoms with Gasteiger partial charge < -0.3 is 15.7 Å². The number of aromatic hydroxyl groups is 1. The van der Waals surface area contributed by atoms with Crippen molar-refractivity contribution in [2.24, 2.45) is 0 Å². The predicted molar refractivity (Wildman–Crippen MR) is 138 cm³/mol. The van der Waals surface area contributed by atoms with Crippen LogP contribution in [0.3, 0.4) is 0 Å². The second-order valence-electron chi connectivity index (χ2n) is 8.55. The first kappa shape index (κ1) is 21.5. The third kappa shape index (κ3) is 4.41. The van der Waals surface area contributed by atoms with Crippen molar-refractivity contribution >= 4 is 29.0 Å². The second kappa shape index (κ2) is 8.87. The van der Waals surface area contributed by atoms with E-state index in [2.05, 4.69) is 22.8 Å². The number of aromatic nitrogens is 1. The summed E-state index contributed by atoms with van der Waals surface area (Å²) in [5, 5.41) is 16.2. The first-order valence-electron chi connectivity index (χ1n) is 11.2. The Kier molecular flexibility index (Phi) is 5.60. The van der Waals surface area contributed by atoms with E-state index < -0.39 is 0 Å². The minimum absolute atomic E-state index is 0.154. The van der Waals surface area contributed by atoms with Crippen LogP contribution in [0.4, 0.5) is 17.1 Å². The lowest BCUT2D eigenvalue weighted by molar-refractivity contribution is 0.102. The Bertz CT molecular complexity index is 1420. The maximum absolute atomic E-state index is 12.9. The van der Waals surface area contributed by atoms with Gasteiger partial charge >= 0.3 is 0 Å². The monoisotopic (exact) mass is 447 g/mol. The molecule has 0 saturated heterocycles. The molecule has 0 unspecified atom stereocenters. The summed E-state index contributed by atoms with van der Waals surface area (Å²) in [6.45, 7) is 4.01. The number of hydrogen-bond acceptors (Lipinski definition) is 4. The molecule has 4 aromatic rings. The maximum Gasteiger partial charge on any atom is 0.255 e. The molecule has 0 spiro atoms. The normalized spacial score (nSPS) is 11.8. The second-order valence-corrected chi connectivity index (χ2v) is 8.55. The Morgan fingerprint density at radius 1 is 0.941 bits per heavy atom. The van der Waals surface area contributed by atoms with Crippen LogP contribution in [-0.4, -0.2) is 16.0 Å². The molecular weight excluding hydrogens is 422 g/mol. The molecule has 3 aromatic carbocycles. The number of rotatable bonds is 5. The maximum atomic E-state index is 12.9. The highest BCUT2D eigenvalue weighted by Crippen LogP contribution is 2.34. The van der Waals surface area contributed by atoms with Crippen molar-refractivity contribution in [2.75, 3.05) is 10.6 Å². The Morgan fingerprint density at radius 3 is 2.56 bits per heavy atom. The number of anilines is 3. The number of carbonyl (C=O) groups is 1. The highest BCUT2D eigenvalue weighted by Gasteiger charge is 2.16. The number of aryl methyl sites for hydroxylation is 2. The van der Waals surface area contributed by atoms with Gasteiger partial charge in [0, 0.05) is 40.2 Å². The molecule has 0 fully saturated rings. The minimum Gasteiger partial charge on any atom is -0.508 e. The van der Waals surface area contributed by atoms with Gasteiger partial charge in [0.2, 0.25) is 0 Å². The smallest absolute Gasteiger partial charge is 0.255 e. The molecule has 1 amide bonds. The summed E-state index contributed by atoms with van der Waals surface area (Å²) in [6, 6.07) is 22.5. The topological polar surface area (TPSA) is 74.2 Å². The van der Waals surface area contributed by atoms with E-state index in [0.29, 0.717) is 5.56 Å². The molecule has 5 nitrogen and oxygen atoms in total. The van der Waals surface area contributed by atoms with Gasteiger partial charge in [-0.3, -0.25) is 9.78 Å². The number of carbonyl (C=O) groups excluding carboxylic acids is 1. The minimum atomic E-state index is -0.154. The van der Waals surface area contributed by atoms with E-state index in [4.69, 9.17) is 4.98 Å². The molecule has 0 saturated carbocycles. The van der Waals surface area contributed by atoms with Gasteiger partial charge in [-0.1, -0.05) is 30.4 Å². The van der Waals surface area contributed by atoms with Crippen LogP contribution in [0.2, 0.25) is 0 Å². The van der Waals surface area contributed by atoms with Crippen molar-refractivity contribution < 1.29 is 9.90 Å². The molecule has 1 aromatic heterocycles. The van der Waals surface area contributed by atoms with Crippen molar-refractivity contribution in [3.63, 3.8) is 0 Å². The average molecular weight is 448 g/mol. The van der Waals surface area contributed by atoms with E-state index in [1.165, 1.54) is 0 Å². The van der Waals surface area contributed by atoms with Gasteiger partial charge in [-0.25, -0.2) is 0 Å². The van der Waals surface area contributed by atoms with Crippen LogP contribution in [0.25, 0.3) is 17.3 Å². The number of nitrogens with zero attached hydrogens (tertiary/aromatic N) is 1. The number of amides is 1. The molecule has 0 atom stereocenters. The van der Waals surface area contributed by atoms with Crippen LogP contribution in [0.15, 0.2) is 78.9 Å². The lowest BCUT2D eigenvalue weighted by Gasteiger charge is -2.16. The summed E-state index contributed by atoms with van der Waals surface area (Å²) >= 11 is 0. The molecule has 3 N–H and O–H groups in total. The fourth-order valence-electron chi connectivity index (χ4n) is 4.09. The van der Waals surface area contributed by atoms with Gasteiger partial charge in [-0.05, 0) is 79.6 Å². The molecular formula is C29H25N3O2. The van der Waals surface area contributed by atoms with Crippen molar-refractivity contribution in [1.82, 2.24) is 4.98 Å². The quantitative estimate of drug-likeness (QED) is 0.321. The molecule has 1 heterocycles. The summed E-state index contributed by atoms with van der Waals surface area (Å²) in [7, 11) is 0. The summed E-state index contributed by atoms with van der Waals surface area (Å²) in [5.41, 5.74) is 9.08. The lowest BCUT2D eigenvalue weighted by Crippen LogP contribution is -2.12. The van der Waals surface area contributed by atoms with E-state index in [0.717, 1.165) is 57.1 Å². The van der Waals surface area contributed by atoms with Crippen molar-refractivity contribution in [1.29, 1.82) is 0 Å². The van der Waals surface area contributed by atoms with E-state index in [9.17, 15) is 9.90 Å². The van der Waals surface area contributed by atoms with Crippen molar-refractivity contribution in [3.05, 3.63) is 107 Å². The molecule has 5 heteroatoms. The third-order valence-corrected chi connectivity index (χ3v) is 5.94. The number of hydrogen-bond donors (Lipinski definition) is 3. The Hall–Kier alpha value is -4.38. The standard InChI is InChI=1S/C29H25N3O2/c1-18-5-3-6-22(15-18)30-29(34)21-10-9-19(2)26(16-21)32-28-17-27(20-11-13-23(33)14-12-20)31-25-8-4-7-24(25)28/h3-7,9-17,33H,8H2,1-2H3,(H,30,34)(H,31,32). The largest absolute Gasteiger partial charge is 0.508 e. The number of nitrogens with one attached hydrogen (secondary N) is 2. The van der Waals surface area contributed by atoms with E-state index in [1.807, 2.05) is 74.5 Å². The molecule has 34 heavy (non-hydrogen) atoms. The first-order chi connectivity index (χ1) is 16.5. The first-order valence-corrected chi connectivity index (χ1v) is 11.2.